The van der Waals surface area contributed by atoms with Crippen molar-refractivity contribution in [2.24, 2.45) is 5.92 Å². The topological polar surface area (TPSA) is 65.1 Å². The normalized spacial score (nSPS) is 21.0. The predicted octanol–water partition coefficient (Wildman–Crippen LogP) is 3.90. The molecule has 0 aliphatic carbocycles. The van der Waals surface area contributed by atoms with Gasteiger partial charge < -0.3 is 9.47 Å². The predicted molar refractivity (Wildman–Crippen MR) is 106 cm³/mol. The Hall–Kier alpha value is -2.57. The van der Waals surface area contributed by atoms with E-state index in [-0.39, 0.29) is 42.6 Å². The fourth-order valence-electron chi connectivity index (χ4n) is 3.97. The summed E-state index contributed by atoms with van der Waals surface area (Å²) in [6.07, 6.45) is 0.231. The van der Waals surface area contributed by atoms with Crippen molar-refractivity contribution in [1.29, 1.82) is 0 Å². The third-order valence-corrected chi connectivity index (χ3v) is 5.72. The number of benzene rings is 2. The van der Waals surface area contributed by atoms with Crippen molar-refractivity contribution in [2.75, 3.05) is 20.3 Å². The van der Waals surface area contributed by atoms with Crippen molar-refractivity contribution in [3.63, 3.8) is 0 Å². The Morgan fingerprint density at radius 2 is 1.90 bits per heavy atom. The number of amides is 1. The van der Waals surface area contributed by atoms with Crippen molar-refractivity contribution in [1.82, 2.24) is 5.06 Å². The number of esters is 1. The molecule has 0 aromatic heterocycles. The van der Waals surface area contributed by atoms with Gasteiger partial charge in [-0.2, -0.15) is 0 Å². The third kappa shape index (κ3) is 4.09. The molecule has 0 radical (unpaired) electrons. The average Bonchev–Trinajstić information content (AvgIpc) is 3.18. The number of hydrogen-bond acceptors (Lipinski definition) is 5. The van der Waals surface area contributed by atoms with Crippen molar-refractivity contribution < 1.29 is 23.9 Å². The second-order valence-corrected chi connectivity index (χ2v) is 7.74. The van der Waals surface area contributed by atoms with Gasteiger partial charge in [0, 0.05) is 28.8 Å². The lowest BCUT2D eigenvalue weighted by Crippen LogP contribution is -2.35. The maximum Gasteiger partial charge on any atom is 0.306 e. The van der Waals surface area contributed by atoms with Crippen molar-refractivity contribution in [3.05, 3.63) is 64.7 Å². The zero-order valence-corrected chi connectivity index (χ0v) is 16.8. The highest BCUT2D eigenvalue weighted by Gasteiger charge is 2.44. The quantitative estimate of drug-likeness (QED) is 0.693. The maximum absolute atomic E-state index is 13.2. The van der Waals surface area contributed by atoms with Crippen LogP contribution in [0.25, 0.3) is 0 Å². The van der Waals surface area contributed by atoms with E-state index < -0.39 is 0 Å². The van der Waals surface area contributed by atoms with Crippen LogP contribution in [0.4, 0.5) is 0 Å². The molecule has 3 atom stereocenters. The summed E-state index contributed by atoms with van der Waals surface area (Å²) >= 11 is 5.98. The summed E-state index contributed by atoms with van der Waals surface area (Å²) in [4.78, 5) is 30.9. The van der Waals surface area contributed by atoms with E-state index in [9.17, 15) is 9.59 Å². The smallest absolute Gasteiger partial charge is 0.306 e. The van der Waals surface area contributed by atoms with E-state index in [4.69, 9.17) is 25.9 Å². The van der Waals surface area contributed by atoms with E-state index >= 15 is 0 Å². The average molecular weight is 416 g/mol. The number of hydroxylamine groups is 2. The Balaban J connectivity index is 1.56. The number of methoxy groups -OCH3 is 1. The molecule has 2 aromatic carbocycles. The number of carbonyl (C=O) groups is 2. The first-order valence-corrected chi connectivity index (χ1v) is 9.93. The molecule has 29 heavy (non-hydrogen) atoms. The van der Waals surface area contributed by atoms with E-state index in [1.165, 1.54) is 12.2 Å². The molecule has 152 valence electrons. The summed E-state index contributed by atoms with van der Waals surface area (Å²) in [7, 11) is 1.34. The monoisotopic (exact) mass is 415 g/mol. The van der Waals surface area contributed by atoms with Crippen LogP contribution in [0.15, 0.2) is 48.5 Å². The van der Waals surface area contributed by atoms with Crippen LogP contribution in [-0.4, -0.2) is 37.3 Å². The second kappa shape index (κ2) is 8.43. The number of rotatable bonds is 5. The molecule has 0 unspecified atom stereocenters. The van der Waals surface area contributed by atoms with E-state index in [0.717, 1.165) is 16.9 Å². The molecular formula is C22H22ClNO5. The number of para-hydroxylation sites is 1. The molecule has 2 heterocycles. The van der Waals surface area contributed by atoms with Crippen LogP contribution >= 0.6 is 11.6 Å². The highest BCUT2D eigenvalue weighted by molar-refractivity contribution is 6.30. The van der Waals surface area contributed by atoms with Gasteiger partial charge in [-0.05, 0) is 23.8 Å². The van der Waals surface area contributed by atoms with Crippen LogP contribution < -0.4 is 4.74 Å². The van der Waals surface area contributed by atoms with Crippen LogP contribution in [0.3, 0.4) is 0 Å². The molecule has 0 spiro atoms. The lowest BCUT2D eigenvalue weighted by Gasteiger charge is -2.32. The fraction of sp³-hybridized carbons (Fsp3) is 0.364. The van der Waals surface area contributed by atoms with E-state index in [0.29, 0.717) is 18.2 Å². The van der Waals surface area contributed by atoms with Gasteiger partial charge >= 0.3 is 5.97 Å². The molecule has 0 saturated carbocycles. The Morgan fingerprint density at radius 3 is 2.66 bits per heavy atom. The largest absolute Gasteiger partial charge is 0.493 e. The van der Waals surface area contributed by atoms with Crippen LogP contribution in [0.1, 0.15) is 35.9 Å². The molecule has 2 aliphatic heterocycles. The Morgan fingerprint density at radius 1 is 1.14 bits per heavy atom. The van der Waals surface area contributed by atoms with Gasteiger partial charge in [0.2, 0.25) is 5.91 Å². The standard InChI is InChI=1S/C22H22ClNO5/c1-27-21(26)11-15(14-6-8-17(23)9-7-14)10-20(25)24-22-16(13-29-24)12-28-19-5-3-2-4-18(19)22/h2-9,15-16,22H,10-13H2,1H3/t15-,16-,22+/m0/s1. The molecule has 2 aromatic rings. The minimum absolute atomic E-state index is 0.0865. The highest BCUT2D eigenvalue weighted by atomic mass is 35.5. The number of carbonyl (C=O) groups excluding carboxylic acids is 2. The molecule has 6 nitrogen and oxygen atoms in total. The number of hydrogen-bond donors (Lipinski definition) is 0. The van der Waals surface area contributed by atoms with Gasteiger partial charge in [0.1, 0.15) is 5.75 Å². The molecular weight excluding hydrogens is 394 g/mol. The first-order chi connectivity index (χ1) is 14.1. The number of fused-ring (bicyclic) bond motifs is 3. The summed E-state index contributed by atoms with van der Waals surface area (Å²) in [6, 6.07) is 14.7. The van der Waals surface area contributed by atoms with Gasteiger partial charge in [-0.3, -0.25) is 14.4 Å². The van der Waals surface area contributed by atoms with Crippen LogP contribution in [0.2, 0.25) is 5.02 Å². The van der Waals surface area contributed by atoms with Gasteiger partial charge in [-0.25, -0.2) is 5.06 Å². The minimum Gasteiger partial charge on any atom is -0.493 e. The molecule has 1 fully saturated rings. The Labute approximate surface area is 174 Å². The fourth-order valence-corrected chi connectivity index (χ4v) is 4.09. The van der Waals surface area contributed by atoms with Gasteiger partial charge in [0.05, 0.1) is 32.8 Å². The first kappa shape index (κ1) is 19.7. The van der Waals surface area contributed by atoms with Crippen molar-refractivity contribution in [3.8, 4) is 5.75 Å². The first-order valence-electron chi connectivity index (χ1n) is 9.55. The van der Waals surface area contributed by atoms with Gasteiger partial charge in [0.15, 0.2) is 0 Å². The number of halogens is 1. The Kier molecular flexibility index (Phi) is 5.74. The van der Waals surface area contributed by atoms with Gasteiger partial charge in [-0.1, -0.05) is 41.9 Å². The summed E-state index contributed by atoms with van der Waals surface area (Å²) in [5.74, 6) is 0.00156. The molecule has 2 aliphatic rings. The van der Waals surface area contributed by atoms with E-state index in [1.807, 2.05) is 36.4 Å². The summed E-state index contributed by atoms with van der Waals surface area (Å²) in [5.41, 5.74) is 1.81. The summed E-state index contributed by atoms with van der Waals surface area (Å²) in [6.45, 7) is 0.932. The summed E-state index contributed by atoms with van der Waals surface area (Å²) < 4.78 is 10.6. The minimum atomic E-state index is -0.366. The second-order valence-electron chi connectivity index (χ2n) is 7.30. The SMILES string of the molecule is COC(=O)C[C@H](CC(=O)N1OC[C@@H]2COc3ccccc3[C@@H]21)c1ccc(Cl)cc1. The molecule has 0 bridgehead atoms. The van der Waals surface area contributed by atoms with E-state index in [2.05, 4.69) is 0 Å². The maximum atomic E-state index is 13.2. The molecule has 1 saturated heterocycles. The van der Waals surface area contributed by atoms with Crippen LogP contribution in [0, 0.1) is 5.92 Å². The number of nitrogens with zero attached hydrogens (tertiary/aromatic N) is 1. The lowest BCUT2D eigenvalue weighted by molar-refractivity contribution is -0.177. The van der Waals surface area contributed by atoms with Crippen molar-refractivity contribution >= 4 is 23.5 Å². The highest BCUT2D eigenvalue weighted by Crippen LogP contribution is 2.44. The van der Waals surface area contributed by atoms with Crippen LogP contribution in [-0.2, 0) is 19.2 Å². The third-order valence-electron chi connectivity index (χ3n) is 5.47. The Bertz CT molecular complexity index is 900. The number of ether oxygens (including phenoxy) is 2. The lowest BCUT2D eigenvalue weighted by atomic mass is 9.89. The molecule has 4 rings (SSSR count). The summed E-state index contributed by atoms with van der Waals surface area (Å²) in [5, 5.41) is 2.06. The zero-order chi connectivity index (χ0) is 20.4. The molecule has 1 amide bonds. The molecule has 7 heteroatoms. The van der Waals surface area contributed by atoms with Gasteiger partial charge in [0.25, 0.3) is 0 Å². The van der Waals surface area contributed by atoms with Gasteiger partial charge in [-0.15, -0.1) is 0 Å². The van der Waals surface area contributed by atoms with Crippen molar-refractivity contribution in [2.45, 2.75) is 24.8 Å². The van der Waals surface area contributed by atoms with Crippen LogP contribution in [0.5, 0.6) is 5.75 Å². The zero-order valence-electron chi connectivity index (χ0n) is 16.0. The van der Waals surface area contributed by atoms with E-state index in [1.54, 1.807) is 12.1 Å². The molecule has 0 N–H and O–H groups in total.